The van der Waals surface area contributed by atoms with Gasteiger partial charge in [0.15, 0.2) is 11.6 Å². The molecule has 0 bridgehead atoms. The van der Waals surface area contributed by atoms with Crippen molar-refractivity contribution in [1.29, 1.82) is 0 Å². The van der Waals surface area contributed by atoms with Crippen molar-refractivity contribution in [3.8, 4) is 0 Å². The minimum absolute atomic E-state index is 0.0408. The van der Waals surface area contributed by atoms with Gasteiger partial charge in [0.05, 0.1) is 10.6 Å². The summed E-state index contributed by atoms with van der Waals surface area (Å²) in [6.07, 6.45) is 0. The molecule has 0 N–H and O–H groups in total. The van der Waals surface area contributed by atoms with E-state index in [1.165, 1.54) is 6.92 Å². The third-order valence-electron chi connectivity index (χ3n) is 4.10. The van der Waals surface area contributed by atoms with Crippen molar-refractivity contribution in [2.75, 3.05) is 32.7 Å². The molecule has 116 valence electrons. The van der Waals surface area contributed by atoms with E-state index in [0.29, 0.717) is 18.7 Å². The van der Waals surface area contributed by atoms with Crippen molar-refractivity contribution >= 4 is 17.5 Å². The van der Waals surface area contributed by atoms with Gasteiger partial charge in [0.2, 0.25) is 0 Å². The number of piperazine rings is 1. The van der Waals surface area contributed by atoms with Gasteiger partial charge in [-0.15, -0.1) is 0 Å². The lowest BCUT2D eigenvalue weighted by atomic mass is 10.0. The van der Waals surface area contributed by atoms with Crippen molar-refractivity contribution in [3.63, 3.8) is 0 Å². The second-order valence-electron chi connectivity index (χ2n) is 5.29. The maximum Gasteiger partial charge on any atom is 0.257 e. The Balaban J connectivity index is 2.32. The van der Waals surface area contributed by atoms with E-state index in [1.54, 1.807) is 11.8 Å². The molecule has 1 aliphatic rings. The van der Waals surface area contributed by atoms with Crippen LogP contribution in [0.25, 0.3) is 0 Å². The number of likely N-dealkylation sites (N-methyl/N-ethyl adjacent to an activating group) is 1. The molecule has 0 atom stereocenters. The van der Waals surface area contributed by atoms with E-state index in [-0.39, 0.29) is 16.1 Å². The SMILES string of the molecule is CCN1CCN(C(=O)c2c(C)c(Cl)c(C)c(F)c2F)CC1. The highest BCUT2D eigenvalue weighted by atomic mass is 35.5. The van der Waals surface area contributed by atoms with Crippen LogP contribution in [0.4, 0.5) is 8.78 Å². The summed E-state index contributed by atoms with van der Waals surface area (Å²) in [4.78, 5) is 16.3. The predicted molar refractivity (Wildman–Crippen MR) is 78.9 cm³/mol. The number of hydrogen-bond acceptors (Lipinski definition) is 2. The molecule has 21 heavy (non-hydrogen) atoms. The van der Waals surface area contributed by atoms with Crippen LogP contribution in [-0.4, -0.2) is 48.4 Å². The number of carbonyl (C=O) groups excluding carboxylic acids is 1. The Bertz CT molecular complexity index is 540. The van der Waals surface area contributed by atoms with Gasteiger partial charge in [-0.1, -0.05) is 18.5 Å². The standard InChI is InChI=1S/C15H19ClF2N2O/c1-4-19-5-7-20(8-6-19)15(21)11-9(2)12(16)10(3)13(17)14(11)18/h4-8H2,1-3H3. The van der Waals surface area contributed by atoms with Crippen LogP contribution in [0.15, 0.2) is 0 Å². The van der Waals surface area contributed by atoms with Crippen LogP contribution in [0, 0.1) is 25.5 Å². The number of halogens is 3. The van der Waals surface area contributed by atoms with E-state index < -0.39 is 17.5 Å². The van der Waals surface area contributed by atoms with Crippen molar-refractivity contribution < 1.29 is 13.6 Å². The smallest absolute Gasteiger partial charge is 0.257 e. The molecule has 3 nitrogen and oxygen atoms in total. The number of nitrogens with zero attached hydrogens (tertiary/aromatic N) is 2. The highest BCUT2D eigenvalue weighted by molar-refractivity contribution is 6.32. The lowest BCUT2D eigenvalue weighted by Crippen LogP contribution is -2.48. The van der Waals surface area contributed by atoms with Crippen LogP contribution >= 0.6 is 11.6 Å². The molecule has 1 aliphatic heterocycles. The van der Waals surface area contributed by atoms with E-state index >= 15 is 0 Å². The molecule has 2 rings (SSSR count). The second kappa shape index (κ2) is 6.28. The topological polar surface area (TPSA) is 23.6 Å². The molecule has 1 fully saturated rings. The summed E-state index contributed by atoms with van der Waals surface area (Å²) in [5.41, 5.74) is 0.100. The van der Waals surface area contributed by atoms with E-state index in [9.17, 15) is 13.6 Å². The highest BCUT2D eigenvalue weighted by Crippen LogP contribution is 2.30. The molecule has 0 radical (unpaired) electrons. The number of hydrogen-bond donors (Lipinski definition) is 0. The van der Waals surface area contributed by atoms with Gasteiger partial charge in [-0.2, -0.15) is 0 Å². The van der Waals surface area contributed by atoms with Gasteiger partial charge in [0, 0.05) is 31.7 Å². The Morgan fingerprint density at radius 1 is 1.10 bits per heavy atom. The first-order valence-corrected chi connectivity index (χ1v) is 7.41. The Labute approximate surface area is 128 Å². The zero-order valence-electron chi connectivity index (χ0n) is 12.5. The van der Waals surface area contributed by atoms with Crippen molar-refractivity contribution in [1.82, 2.24) is 9.80 Å². The Kier molecular flexibility index (Phi) is 4.84. The summed E-state index contributed by atoms with van der Waals surface area (Å²) < 4.78 is 28.0. The maximum absolute atomic E-state index is 14.2. The van der Waals surface area contributed by atoms with Crippen LogP contribution < -0.4 is 0 Å². The Morgan fingerprint density at radius 2 is 1.67 bits per heavy atom. The van der Waals surface area contributed by atoms with Gasteiger partial charge in [-0.05, 0) is 26.0 Å². The summed E-state index contributed by atoms with van der Waals surface area (Å²) in [5.74, 6) is -2.62. The number of carbonyl (C=O) groups is 1. The third-order valence-corrected chi connectivity index (χ3v) is 4.66. The van der Waals surface area contributed by atoms with Gasteiger partial charge in [0.25, 0.3) is 5.91 Å². The first-order valence-electron chi connectivity index (χ1n) is 7.03. The number of rotatable bonds is 2. The molecule has 1 heterocycles. The number of amides is 1. The average molecular weight is 317 g/mol. The van der Waals surface area contributed by atoms with E-state index in [4.69, 9.17) is 11.6 Å². The summed E-state index contributed by atoms with van der Waals surface area (Å²) >= 11 is 6.00. The molecule has 6 heteroatoms. The monoisotopic (exact) mass is 316 g/mol. The van der Waals surface area contributed by atoms with E-state index in [0.717, 1.165) is 19.6 Å². The predicted octanol–water partition coefficient (Wildman–Crippen LogP) is 3.01. The normalized spacial score (nSPS) is 16.4. The van der Waals surface area contributed by atoms with E-state index in [2.05, 4.69) is 11.8 Å². The minimum atomic E-state index is -1.10. The van der Waals surface area contributed by atoms with Crippen LogP contribution in [0.3, 0.4) is 0 Å². The summed E-state index contributed by atoms with van der Waals surface area (Å²) in [6.45, 7) is 8.43. The molecule has 0 aromatic heterocycles. The largest absolute Gasteiger partial charge is 0.336 e. The third kappa shape index (κ3) is 2.90. The van der Waals surface area contributed by atoms with Crippen molar-refractivity contribution in [2.24, 2.45) is 0 Å². The lowest BCUT2D eigenvalue weighted by molar-refractivity contribution is 0.0637. The first-order chi connectivity index (χ1) is 9.88. The molecule has 0 unspecified atom stereocenters. The Morgan fingerprint density at radius 3 is 2.19 bits per heavy atom. The highest BCUT2D eigenvalue weighted by Gasteiger charge is 2.29. The average Bonchev–Trinajstić information content (AvgIpc) is 2.51. The maximum atomic E-state index is 14.2. The second-order valence-corrected chi connectivity index (χ2v) is 5.67. The van der Waals surface area contributed by atoms with Crippen molar-refractivity contribution in [2.45, 2.75) is 20.8 Å². The Hall–Kier alpha value is -1.20. The first kappa shape index (κ1) is 16.2. The molecule has 1 amide bonds. The van der Waals surface area contributed by atoms with Gasteiger partial charge in [0.1, 0.15) is 0 Å². The lowest BCUT2D eigenvalue weighted by Gasteiger charge is -2.34. The van der Waals surface area contributed by atoms with E-state index in [1.807, 2.05) is 0 Å². The zero-order chi connectivity index (χ0) is 15.7. The van der Waals surface area contributed by atoms with Gasteiger partial charge < -0.3 is 9.80 Å². The quantitative estimate of drug-likeness (QED) is 0.783. The van der Waals surface area contributed by atoms with Gasteiger partial charge in [-0.25, -0.2) is 8.78 Å². The summed E-state index contributed by atoms with van der Waals surface area (Å²) in [6, 6.07) is 0. The van der Waals surface area contributed by atoms with Crippen LogP contribution in [0.1, 0.15) is 28.4 Å². The molecular weight excluding hydrogens is 298 g/mol. The van der Waals surface area contributed by atoms with Crippen molar-refractivity contribution in [3.05, 3.63) is 33.3 Å². The molecular formula is C15H19ClF2N2O. The fourth-order valence-corrected chi connectivity index (χ4v) is 2.78. The van der Waals surface area contributed by atoms with Gasteiger partial charge >= 0.3 is 0 Å². The zero-order valence-corrected chi connectivity index (χ0v) is 13.2. The molecule has 0 aliphatic carbocycles. The van der Waals surface area contributed by atoms with Gasteiger partial charge in [-0.3, -0.25) is 4.79 Å². The van der Waals surface area contributed by atoms with Crippen LogP contribution in [-0.2, 0) is 0 Å². The molecule has 1 aromatic carbocycles. The fraction of sp³-hybridized carbons (Fsp3) is 0.533. The summed E-state index contributed by atoms with van der Waals surface area (Å²) in [5, 5.41) is 0.115. The number of benzene rings is 1. The minimum Gasteiger partial charge on any atom is -0.336 e. The van der Waals surface area contributed by atoms with Crippen LogP contribution in [0.2, 0.25) is 5.02 Å². The molecule has 1 saturated heterocycles. The fourth-order valence-electron chi connectivity index (χ4n) is 2.61. The molecule has 0 saturated carbocycles. The van der Waals surface area contributed by atoms with Crippen LogP contribution in [0.5, 0.6) is 0 Å². The summed E-state index contributed by atoms with van der Waals surface area (Å²) in [7, 11) is 0. The molecule has 1 aromatic rings. The molecule has 0 spiro atoms.